The molecule has 2 heterocycles. The first-order valence-electron chi connectivity index (χ1n) is 14.6. The molecule has 7 heteroatoms. The quantitative estimate of drug-likeness (QED) is 0.202. The Kier molecular flexibility index (Phi) is 6.00. The SMILES string of the molecule is N#Cc1cc(-n2c3ccccc3c3ccccc32)c(C#N)c(-c2cccc(C(F)(F)F)c2)c1-n1c2ccccc2c2ccccc21. The number of nitrogens with zero attached hydrogens (tertiary/aromatic N) is 4. The Hall–Kier alpha value is -6.31. The molecule has 0 aliphatic rings. The third-order valence-electron chi connectivity index (χ3n) is 8.61. The molecule has 0 fully saturated rings. The van der Waals surface area contributed by atoms with Crippen LogP contribution in [0.3, 0.4) is 0 Å². The van der Waals surface area contributed by atoms with E-state index < -0.39 is 11.7 Å². The van der Waals surface area contributed by atoms with Gasteiger partial charge in [0, 0.05) is 27.1 Å². The molecule has 8 aromatic rings. The largest absolute Gasteiger partial charge is 0.416 e. The summed E-state index contributed by atoms with van der Waals surface area (Å²) in [5.41, 5.74) is 3.86. The predicted molar refractivity (Wildman–Crippen MR) is 175 cm³/mol. The highest BCUT2D eigenvalue weighted by molar-refractivity contribution is 6.11. The molecule has 0 saturated carbocycles. The normalized spacial score (nSPS) is 11.8. The molecule has 0 aliphatic carbocycles. The second-order valence-corrected chi connectivity index (χ2v) is 11.1. The summed E-state index contributed by atoms with van der Waals surface area (Å²) in [6.07, 6.45) is -4.61. The molecule has 0 unspecified atom stereocenters. The van der Waals surface area contributed by atoms with Gasteiger partial charge in [0.25, 0.3) is 0 Å². The fraction of sp³-hybridized carbons (Fsp3) is 0.0256. The fourth-order valence-corrected chi connectivity index (χ4v) is 6.74. The van der Waals surface area contributed by atoms with Gasteiger partial charge in [-0.05, 0) is 48.0 Å². The topological polar surface area (TPSA) is 57.4 Å². The lowest BCUT2D eigenvalue weighted by Gasteiger charge is -2.21. The van der Waals surface area contributed by atoms with Crippen molar-refractivity contribution in [2.45, 2.75) is 6.18 Å². The maximum Gasteiger partial charge on any atom is 0.416 e. The van der Waals surface area contributed by atoms with Crippen LogP contribution in [-0.2, 0) is 6.18 Å². The van der Waals surface area contributed by atoms with Crippen molar-refractivity contribution >= 4 is 43.6 Å². The van der Waals surface area contributed by atoms with Gasteiger partial charge in [0.15, 0.2) is 0 Å². The molecule has 0 aliphatic heterocycles. The Labute approximate surface area is 261 Å². The van der Waals surface area contributed by atoms with Crippen LogP contribution in [0.1, 0.15) is 16.7 Å². The number of benzene rings is 6. The third kappa shape index (κ3) is 3.93. The summed E-state index contributed by atoms with van der Waals surface area (Å²) in [4.78, 5) is 0. The van der Waals surface area contributed by atoms with Gasteiger partial charge in [-0.3, -0.25) is 0 Å². The molecule has 0 bridgehead atoms. The monoisotopic (exact) mass is 602 g/mol. The molecule has 0 amide bonds. The van der Waals surface area contributed by atoms with E-state index in [4.69, 9.17) is 0 Å². The van der Waals surface area contributed by atoms with Gasteiger partial charge >= 0.3 is 6.18 Å². The number of hydrogen-bond donors (Lipinski definition) is 0. The molecule has 218 valence electrons. The minimum absolute atomic E-state index is 0.154. The molecule has 0 atom stereocenters. The van der Waals surface area contributed by atoms with E-state index in [2.05, 4.69) is 12.1 Å². The summed E-state index contributed by atoms with van der Waals surface area (Å²) in [6, 6.07) is 42.3. The molecule has 0 saturated heterocycles. The van der Waals surface area contributed by atoms with Gasteiger partial charge in [0.1, 0.15) is 12.1 Å². The smallest absolute Gasteiger partial charge is 0.308 e. The van der Waals surface area contributed by atoms with Crippen LogP contribution >= 0.6 is 0 Å². The lowest BCUT2D eigenvalue weighted by Crippen LogP contribution is -2.09. The Bertz CT molecular complexity index is 2500. The summed E-state index contributed by atoms with van der Waals surface area (Å²) in [7, 11) is 0. The van der Waals surface area contributed by atoms with Crippen molar-refractivity contribution < 1.29 is 13.2 Å². The van der Waals surface area contributed by atoms with Crippen molar-refractivity contribution in [3.63, 3.8) is 0 Å². The third-order valence-corrected chi connectivity index (χ3v) is 8.61. The summed E-state index contributed by atoms with van der Waals surface area (Å²) in [6.45, 7) is 0. The number of rotatable bonds is 3. The molecule has 0 spiro atoms. The van der Waals surface area contributed by atoms with Gasteiger partial charge in [0.05, 0.1) is 50.1 Å². The molecular weight excluding hydrogens is 581 g/mol. The van der Waals surface area contributed by atoms with E-state index in [1.165, 1.54) is 6.07 Å². The van der Waals surface area contributed by atoms with Gasteiger partial charge < -0.3 is 9.13 Å². The summed E-state index contributed by atoms with van der Waals surface area (Å²) >= 11 is 0. The first-order chi connectivity index (χ1) is 22.4. The van der Waals surface area contributed by atoms with Crippen LogP contribution in [0.5, 0.6) is 0 Å². The standard InChI is InChI=1S/C39H21F3N4/c40-39(41,42)26-11-9-10-24(20-26)37-31(23-44)36(45-32-16-5-1-12-27(32)28-13-2-6-17-33(28)45)21-25(22-43)38(37)46-34-18-7-3-14-29(34)30-15-4-8-19-35(30)46/h1-21H. The average Bonchev–Trinajstić information content (AvgIpc) is 3.60. The Morgan fingerprint density at radius 1 is 0.522 bits per heavy atom. The van der Waals surface area contributed by atoms with Crippen molar-refractivity contribution in [1.29, 1.82) is 10.5 Å². The highest BCUT2D eigenvalue weighted by atomic mass is 19.4. The van der Waals surface area contributed by atoms with Gasteiger partial charge in [0.2, 0.25) is 0 Å². The Morgan fingerprint density at radius 3 is 1.46 bits per heavy atom. The molecule has 6 aromatic carbocycles. The minimum atomic E-state index is -4.61. The number of nitriles is 2. The zero-order valence-corrected chi connectivity index (χ0v) is 24.0. The van der Waals surface area contributed by atoms with Crippen LogP contribution in [0.4, 0.5) is 13.2 Å². The molecular formula is C39H21F3N4. The van der Waals surface area contributed by atoms with E-state index in [9.17, 15) is 23.7 Å². The lowest BCUT2D eigenvalue weighted by atomic mass is 9.92. The van der Waals surface area contributed by atoms with E-state index in [0.29, 0.717) is 11.4 Å². The predicted octanol–water partition coefficient (Wildman–Crippen LogP) is 10.3. The number of para-hydroxylation sites is 4. The van der Waals surface area contributed by atoms with Crippen molar-refractivity contribution in [3.05, 3.63) is 144 Å². The van der Waals surface area contributed by atoms with Gasteiger partial charge in [-0.25, -0.2) is 0 Å². The van der Waals surface area contributed by atoms with Gasteiger partial charge in [-0.2, -0.15) is 23.7 Å². The number of alkyl halides is 3. The zero-order valence-electron chi connectivity index (χ0n) is 24.0. The van der Waals surface area contributed by atoms with Crippen molar-refractivity contribution in [3.8, 4) is 34.6 Å². The Balaban J connectivity index is 1.60. The van der Waals surface area contributed by atoms with Gasteiger partial charge in [-0.1, -0.05) is 84.9 Å². The van der Waals surface area contributed by atoms with Crippen LogP contribution in [0, 0.1) is 22.7 Å². The Morgan fingerprint density at radius 2 is 1.00 bits per heavy atom. The molecule has 0 radical (unpaired) electrons. The lowest BCUT2D eigenvalue weighted by molar-refractivity contribution is -0.137. The van der Waals surface area contributed by atoms with Crippen LogP contribution < -0.4 is 0 Å². The van der Waals surface area contributed by atoms with E-state index in [-0.39, 0.29) is 22.3 Å². The first-order valence-corrected chi connectivity index (χ1v) is 14.6. The van der Waals surface area contributed by atoms with E-state index in [0.717, 1.165) is 55.7 Å². The number of fused-ring (bicyclic) bond motifs is 6. The highest BCUT2D eigenvalue weighted by Crippen LogP contribution is 2.44. The number of halogens is 3. The highest BCUT2D eigenvalue weighted by Gasteiger charge is 2.32. The second kappa shape index (κ2) is 10.1. The van der Waals surface area contributed by atoms with E-state index in [1.54, 1.807) is 12.1 Å². The van der Waals surface area contributed by atoms with E-state index >= 15 is 0 Å². The molecule has 2 aromatic heterocycles. The fourth-order valence-electron chi connectivity index (χ4n) is 6.74. The minimum Gasteiger partial charge on any atom is -0.308 e. The summed E-state index contributed by atoms with van der Waals surface area (Å²) in [5.74, 6) is 0. The van der Waals surface area contributed by atoms with Crippen molar-refractivity contribution in [2.75, 3.05) is 0 Å². The summed E-state index contributed by atoms with van der Waals surface area (Å²) < 4.78 is 46.2. The summed E-state index contributed by atoms with van der Waals surface area (Å²) in [5, 5.41) is 25.5. The van der Waals surface area contributed by atoms with E-state index in [1.807, 2.05) is 106 Å². The van der Waals surface area contributed by atoms with Crippen molar-refractivity contribution in [1.82, 2.24) is 9.13 Å². The zero-order chi connectivity index (χ0) is 31.6. The van der Waals surface area contributed by atoms with Crippen LogP contribution in [0.2, 0.25) is 0 Å². The van der Waals surface area contributed by atoms with Crippen molar-refractivity contribution in [2.24, 2.45) is 0 Å². The maximum absolute atomic E-state index is 14.1. The number of hydrogen-bond acceptors (Lipinski definition) is 2. The number of aromatic nitrogens is 2. The van der Waals surface area contributed by atoms with Gasteiger partial charge in [-0.15, -0.1) is 0 Å². The molecule has 0 N–H and O–H groups in total. The second-order valence-electron chi connectivity index (χ2n) is 11.1. The van der Waals surface area contributed by atoms with Crippen LogP contribution in [-0.4, -0.2) is 9.13 Å². The first kappa shape index (κ1) is 27.3. The molecule has 8 rings (SSSR count). The van der Waals surface area contributed by atoms with Crippen LogP contribution in [0.15, 0.2) is 127 Å². The van der Waals surface area contributed by atoms with Crippen LogP contribution in [0.25, 0.3) is 66.1 Å². The molecule has 4 nitrogen and oxygen atoms in total. The average molecular weight is 603 g/mol. The maximum atomic E-state index is 14.1. The molecule has 46 heavy (non-hydrogen) atoms.